The highest BCUT2D eigenvalue weighted by molar-refractivity contribution is 9.10. The standard InChI is InChI=1S/C15H12BrN3S/c16-12-3-4-13(18-8-12)9-19-6-5-10-1-2-11(15(17)20)7-14(10)19/h1-8H,9H2,(H2,17,20). The number of aromatic nitrogens is 2. The summed E-state index contributed by atoms with van der Waals surface area (Å²) < 4.78 is 3.13. The number of pyridine rings is 1. The van der Waals surface area contributed by atoms with Gasteiger partial charge in [-0.25, -0.2) is 0 Å². The van der Waals surface area contributed by atoms with Gasteiger partial charge in [0.05, 0.1) is 12.2 Å². The highest BCUT2D eigenvalue weighted by Crippen LogP contribution is 2.19. The lowest BCUT2D eigenvalue weighted by atomic mass is 10.1. The monoisotopic (exact) mass is 345 g/mol. The van der Waals surface area contributed by atoms with Crippen LogP contribution < -0.4 is 5.73 Å². The van der Waals surface area contributed by atoms with Crippen molar-refractivity contribution in [3.05, 3.63) is 64.5 Å². The average Bonchev–Trinajstić information content (AvgIpc) is 2.84. The SMILES string of the molecule is NC(=S)c1ccc2ccn(Cc3ccc(Br)cn3)c2c1. The molecule has 0 bridgehead atoms. The predicted molar refractivity (Wildman–Crippen MR) is 88.9 cm³/mol. The molecule has 0 aliphatic carbocycles. The molecule has 0 fully saturated rings. The van der Waals surface area contributed by atoms with E-state index in [0.29, 0.717) is 4.99 Å². The molecule has 0 spiro atoms. The Balaban J connectivity index is 2.00. The van der Waals surface area contributed by atoms with E-state index in [2.05, 4.69) is 37.7 Å². The fraction of sp³-hybridized carbons (Fsp3) is 0.0667. The van der Waals surface area contributed by atoms with Crippen LogP contribution in [0, 0.1) is 0 Å². The van der Waals surface area contributed by atoms with Crippen LogP contribution >= 0.6 is 28.1 Å². The largest absolute Gasteiger partial charge is 0.389 e. The van der Waals surface area contributed by atoms with Crippen LogP contribution in [0.15, 0.2) is 53.3 Å². The number of thiocarbonyl (C=S) groups is 1. The predicted octanol–water partition coefficient (Wildman–Crippen LogP) is 3.48. The molecule has 100 valence electrons. The van der Waals surface area contributed by atoms with Crippen molar-refractivity contribution in [2.75, 3.05) is 0 Å². The minimum Gasteiger partial charge on any atom is -0.389 e. The molecule has 3 nitrogen and oxygen atoms in total. The van der Waals surface area contributed by atoms with Crippen molar-refractivity contribution in [2.45, 2.75) is 6.54 Å². The third-order valence-electron chi connectivity index (χ3n) is 3.18. The average molecular weight is 346 g/mol. The Hall–Kier alpha value is -1.72. The Labute approximate surface area is 130 Å². The molecule has 3 aromatic rings. The van der Waals surface area contributed by atoms with Crippen LogP contribution in [0.4, 0.5) is 0 Å². The lowest BCUT2D eigenvalue weighted by Crippen LogP contribution is -2.09. The van der Waals surface area contributed by atoms with Crippen LogP contribution in [0.1, 0.15) is 11.3 Å². The second kappa shape index (κ2) is 5.34. The van der Waals surface area contributed by atoms with Gasteiger partial charge >= 0.3 is 0 Å². The van der Waals surface area contributed by atoms with Crippen LogP contribution in [-0.2, 0) is 6.54 Å². The van der Waals surface area contributed by atoms with Crippen LogP contribution in [0.2, 0.25) is 0 Å². The smallest absolute Gasteiger partial charge is 0.104 e. The van der Waals surface area contributed by atoms with Gasteiger partial charge in [-0.1, -0.05) is 24.4 Å². The number of nitrogens with two attached hydrogens (primary N) is 1. The molecular formula is C15H12BrN3S. The fourth-order valence-corrected chi connectivity index (χ4v) is 2.51. The van der Waals surface area contributed by atoms with E-state index in [0.717, 1.165) is 27.8 Å². The molecule has 1 aromatic carbocycles. The number of benzene rings is 1. The molecule has 20 heavy (non-hydrogen) atoms. The van der Waals surface area contributed by atoms with Crippen molar-refractivity contribution >= 4 is 44.0 Å². The van der Waals surface area contributed by atoms with Gasteiger partial charge in [0, 0.05) is 27.9 Å². The molecule has 0 aliphatic rings. The first-order valence-electron chi connectivity index (χ1n) is 6.12. The first-order chi connectivity index (χ1) is 9.63. The molecule has 2 N–H and O–H groups in total. The normalized spacial score (nSPS) is 10.8. The maximum atomic E-state index is 5.70. The molecule has 0 atom stereocenters. The molecule has 3 rings (SSSR count). The lowest BCUT2D eigenvalue weighted by molar-refractivity contribution is 0.807. The summed E-state index contributed by atoms with van der Waals surface area (Å²) in [6, 6.07) is 12.1. The number of halogens is 1. The topological polar surface area (TPSA) is 43.8 Å². The summed E-state index contributed by atoms with van der Waals surface area (Å²) in [5, 5.41) is 1.17. The van der Waals surface area contributed by atoms with Gasteiger partial charge in [-0.3, -0.25) is 4.98 Å². The summed E-state index contributed by atoms with van der Waals surface area (Å²) in [5.74, 6) is 0. The van der Waals surface area contributed by atoms with Crippen LogP contribution in [0.25, 0.3) is 10.9 Å². The molecule has 2 aromatic heterocycles. The molecule has 0 amide bonds. The molecule has 0 saturated heterocycles. The summed E-state index contributed by atoms with van der Waals surface area (Å²) >= 11 is 8.43. The van der Waals surface area contributed by atoms with E-state index in [1.54, 1.807) is 0 Å². The Morgan fingerprint density at radius 3 is 2.80 bits per heavy atom. The van der Waals surface area contributed by atoms with Crippen molar-refractivity contribution in [2.24, 2.45) is 5.73 Å². The zero-order valence-electron chi connectivity index (χ0n) is 10.6. The van der Waals surface area contributed by atoms with Crippen molar-refractivity contribution in [3.63, 3.8) is 0 Å². The van der Waals surface area contributed by atoms with E-state index in [1.165, 1.54) is 5.39 Å². The van der Waals surface area contributed by atoms with Crippen molar-refractivity contribution in [1.82, 2.24) is 9.55 Å². The van der Waals surface area contributed by atoms with Crippen LogP contribution in [-0.4, -0.2) is 14.5 Å². The first-order valence-corrected chi connectivity index (χ1v) is 7.33. The highest BCUT2D eigenvalue weighted by atomic mass is 79.9. The van der Waals surface area contributed by atoms with Gasteiger partial charge in [-0.15, -0.1) is 0 Å². The van der Waals surface area contributed by atoms with Gasteiger partial charge in [0.25, 0.3) is 0 Å². The summed E-state index contributed by atoms with van der Waals surface area (Å²) in [6.45, 7) is 0.720. The minimum absolute atomic E-state index is 0.418. The van der Waals surface area contributed by atoms with Crippen molar-refractivity contribution in [3.8, 4) is 0 Å². The molecule has 5 heteroatoms. The summed E-state index contributed by atoms with van der Waals surface area (Å²) in [7, 11) is 0. The van der Waals surface area contributed by atoms with Gasteiger partial charge in [-0.05, 0) is 45.6 Å². The maximum Gasteiger partial charge on any atom is 0.104 e. The highest BCUT2D eigenvalue weighted by Gasteiger charge is 2.05. The van der Waals surface area contributed by atoms with E-state index in [-0.39, 0.29) is 0 Å². The Kier molecular flexibility index (Phi) is 3.54. The fourth-order valence-electron chi connectivity index (χ4n) is 2.15. The van der Waals surface area contributed by atoms with E-state index in [1.807, 2.05) is 36.5 Å². The molecule has 0 saturated carbocycles. The quantitative estimate of drug-likeness (QED) is 0.739. The summed E-state index contributed by atoms with van der Waals surface area (Å²) in [4.78, 5) is 4.82. The van der Waals surface area contributed by atoms with Crippen molar-refractivity contribution in [1.29, 1.82) is 0 Å². The Morgan fingerprint density at radius 2 is 2.10 bits per heavy atom. The zero-order chi connectivity index (χ0) is 14.1. The summed E-state index contributed by atoms with van der Waals surface area (Å²) in [5.41, 5.74) is 8.70. The number of rotatable bonds is 3. The van der Waals surface area contributed by atoms with E-state index in [9.17, 15) is 0 Å². The van der Waals surface area contributed by atoms with E-state index < -0.39 is 0 Å². The van der Waals surface area contributed by atoms with Crippen molar-refractivity contribution < 1.29 is 0 Å². The maximum absolute atomic E-state index is 5.70. The van der Waals surface area contributed by atoms with Crippen LogP contribution in [0.3, 0.4) is 0 Å². The van der Waals surface area contributed by atoms with Gasteiger partial charge in [0.15, 0.2) is 0 Å². The lowest BCUT2D eigenvalue weighted by Gasteiger charge is -2.06. The molecule has 0 aliphatic heterocycles. The molecule has 0 unspecified atom stereocenters. The second-order valence-corrected chi connectivity index (χ2v) is 5.90. The molecule has 0 radical (unpaired) electrons. The summed E-state index contributed by atoms with van der Waals surface area (Å²) in [6.07, 6.45) is 3.86. The van der Waals surface area contributed by atoms with Gasteiger partial charge in [0.2, 0.25) is 0 Å². The van der Waals surface area contributed by atoms with E-state index >= 15 is 0 Å². The van der Waals surface area contributed by atoms with Crippen LogP contribution in [0.5, 0.6) is 0 Å². The number of hydrogen-bond acceptors (Lipinski definition) is 2. The van der Waals surface area contributed by atoms with Gasteiger partial charge in [-0.2, -0.15) is 0 Å². The number of hydrogen-bond donors (Lipinski definition) is 1. The molecular weight excluding hydrogens is 334 g/mol. The molecule has 2 heterocycles. The second-order valence-electron chi connectivity index (χ2n) is 4.55. The van der Waals surface area contributed by atoms with Gasteiger partial charge < -0.3 is 10.3 Å². The van der Waals surface area contributed by atoms with E-state index in [4.69, 9.17) is 18.0 Å². The van der Waals surface area contributed by atoms with Gasteiger partial charge in [0.1, 0.15) is 4.99 Å². The minimum atomic E-state index is 0.418. The number of nitrogens with zero attached hydrogens (tertiary/aromatic N) is 2. The first kappa shape index (κ1) is 13.3. The number of fused-ring (bicyclic) bond motifs is 1. The third-order valence-corrected chi connectivity index (χ3v) is 3.88. The zero-order valence-corrected chi connectivity index (χ0v) is 13.0. The third kappa shape index (κ3) is 2.59. The Morgan fingerprint density at radius 1 is 1.25 bits per heavy atom. The Bertz CT molecular complexity index is 777.